The highest BCUT2D eigenvalue weighted by molar-refractivity contribution is 6.24. The summed E-state index contributed by atoms with van der Waals surface area (Å²) in [6.07, 6.45) is 0. The summed E-state index contributed by atoms with van der Waals surface area (Å²) in [6.45, 7) is 12.3. The molecule has 0 bridgehead atoms. The van der Waals surface area contributed by atoms with Crippen molar-refractivity contribution in [1.29, 1.82) is 0 Å². The lowest BCUT2D eigenvalue weighted by Crippen LogP contribution is -2.55. The number of anilines is 3. The number of quaternary nitrogens is 1. The molecule has 0 radical (unpaired) electrons. The fraction of sp³-hybridized carbons (Fsp3) is 0.220. The van der Waals surface area contributed by atoms with Crippen molar-refractivity contribution in [2.75, 3.05) is 30.5 Å². The average Bonchev–Trinajstić information content (AvgIpc) is 3.08. The number of benzene rings is 5. The average molecular weight is 627 g/mol. The molecule has 242 valence electrons. The minimum absolute atomic E-state index is 0.00987. The van der Waals surface area contributed by atoms with Crippen LogP contribution in [0.1, 0.15) is 75.4 Å². The summed E-state index contributed by atoms with van der Waals surface area (Å²) in [4.78, 5) is 8.08. The molecule has 0 saturated heterocycles. The molecular formula is C41H48N5O+. The predicted octanol–water partition coefficient (Wildman–Crippen LogP) is 8.37. The third-order valence-electron chi connectivity index (χ3n) is 8.98. The van der Waals surface area contributed by atoms with Crippen LogP contribution in [0.2, 0.25) is 0 Å². The molecule has 2 aliphatic rings. The van der Waals surface area contributed by atoms with E-state index in [1.807, 2.05) is 52.0 Å². The van der Waals surface area contributed by atoms with Crippen molar-refractivity contribution in [3.63, 3.8) is 0 Å². The Morgan fingerprint density at radius 1 is 0.681 bits per heavy atom. The predicted molar refractivity (Wildman–Crippen MR) is 202 cm³/mol. The van der Waals surface area contributed by atoms with E-state index >= 15 is 0 Å². The van der Waals surface area contributed by atoms with Crippen LogP contribution in [0, 0.1) is 0 Å². The van der Waals surface area contributed by atoms with Crippen LogP contribution in [0.25, 0.3) is 32.7 Å². The molecule has 0 saturated carbocycles. The van der Waals surface area contributed by atoms with Gasteiger partial charge < -0.3 is 26.9 Å². The fourth-order valence-corrected chi connectivity index (χ4v) is 7.16. The Bertz CT molecular complexity index is 2100. The van der Waals surface area contributed by atoms with Crippen LogP contribution in [0.15, 0.2) is 107 Å². The zero-order chi connectivity index (χ0) is 34.2. The summed E-state index contributed by atoms with van der Waals surface area (Å²) in [5, 5.41) is 3.79. The summed E-state index contributed by atoms with van der Waals surface area (Å²) in [6, 6.07) is 29.2. The summed E-state index contributed by atoms with van der Waals surface area (Å²) in [7, 11) is 4.16. The summed E-state index contributed by atoms with van der Waals surface area (Å²) >= 11 is 0. The highest BCUT2D eigenvalue weighted by Crippen LogP contribution is 2.58. The number of hydrogen-bond donors (Lipinski definition) is 4. The van der Waals surface area contributed by atoms with Gasteiger partial charge in [-0.2, -0.15) is 5.90 Å². The minimum atomic E-state index is -0.00987. The Balaban J connectivity index is 0.00000105. The zero-order valence-electron chi connectivity index (χ0n) is 29.0. The maximum atomic E-state index is 6.77. The van der Waals surface area contributed by atoms with Gasteiger partial charge in [0, 0.05) is 80.9 Å². The second-order valence-corrected chi connectivity index (χ2v) is 11.8. The number of rotatable bonds is 3. The van der Waals surface area contributed by atoms with Gasteiger partial charge in [-0.05, 0) is 47.9 Å². The van der Waals surface area contributed by atoms with Crippen molar-refractivity contribution < 1.29 is 10.6 Å². The van der Waals surface area contributed by atoms with E-state index in [2.05, 4.69) is 99.2 Å². The van der Waals surface area contributed by atoms with Crippen LogP contribution >= 0.6 is 0 Å². The van der Waals surface area contributed by atoms with E-state index in [1.54, 1.807) is 0 Å². The molecule has 47 heavy (non-hydrogen) atoms. The topological polar surface area (TPSA) is 118 Å². The van der Waals surface area contributed by atoms with E-state index in [9.17, 15) is 0 Å². The standard InChI is InChI=1S/C37H35N5O.2C2H6/c1-19(2)28-33(29-20-11-5-8-14-23(20)36(40)30-24(29)15-9-17-26(30)38)37(43-41)34(28)32-21-12-6-7-13-22(21)35(39)25-16-10-18-27(31(25)32)42(3)4;2*1-2/h5-18,35H,38-41H2,1-4H3;2*1-2H3/p+1/b34-32+;;. The number of nitrogens with zero attached hydrogens (tertiary/aromatic N) is 1. The lowest BCUT2D eigenvalue weighted by Gasteiger charge is -2.37. The van der Waals surface area contributed by atoms with Crippen LogP contribution in [0.4, 0.5) is 17.1 Å². The Kier molecular flexibility index (Phi) is 9.48. The van der Waals surface area contributed by atoms with Crippen LogP contribution in [-0.4, -0.2) is 14.1 Å². The van der Waals surface area contributed by atoms with Crippen molar-refractivity contribution in [1.82, 2.24) is 0 Å². The van der Waals surface area contributed by atoms with Gasteiger partial charge in [-0.25, -0.2) is 0 Å². The second-order valence-electron chi connectivity index (χ2n) is 11.8. The normalized spacial score (nSPS) is 16.3. The number of nitrogen functional groups attached to an aromatic ring is 2. The monoisotopic (exact) mass is 626 g/mol. The highest BCUT2D eigenvalue weighted by atomic mass is 16.6. The molecule has 0 aromatic heterocycles. The van der Waals surface area contributed by atoms with Crippen LogP contribution in [0.3, 0.4) is 0 Å². The van der Waals surface area contributed by atoms with Crippen molar-refractivity contribution in [2.45, 2.75) is 47.6 Å². The van der Waals surface area contributed by atoms with Gasteiger partial charge >= 0.3 is 0 Å². The summed E-state index contributed by atoms with van der Waals surface area (Å²) in [5.41, 5.74) is 31.4. The van der Waals surface area contributed by atoms with Crippen molar-refractivity contribution in [3.05, 3.63) is 135 Å². The number of allylic oxidation sites excluding steroid dienone is 3. The van der Waals surface area contributed by atoms with E-state index < -0.39 is 0 Å². The third-order valence-corrected chi connectivity index (χ3v) is 8.98. The molecule has 0 spiro atoms. The van der Waals surface area contributed by atoms with Gasteiger partial charge in [0.15, 0.2) is 5.76 Å². The van der Waals surface area contributed by atoms with Gasteiger partial charge in [-0.1, -0.05) is 106 Å². The van der Waals surface area contributed by atoms with Crippen LogP contribution < -0.4 is 28.0 Å². The molecule has 0 amide bonds. The molecule has 5 aromatic rings. The van der Waals surface area contributed by atoms with Gasteiger partial charge in [-0.3, -0.25) is 0 Å². The zero-order valence-corrected chi connectivity index (χ0v) is 29.0. The van der Waals surface area contributed by atoms with Gasteiger partial charge in [-0.15, -0.1) is 0 Å². The molecule has 0 heterocycles. The number of fused-ring (bicyclic) bond motifs is 4. The van der Waals surface area contributed by atoms with Gasteiger partial charge in [0.2, 0.25) is 0 Å². The van der Waals surface area contributed by atoms with Crippen LogP contribution in [-0.2, 0) is 4.84 Å². The molecule has 1 atom stereocenters. The van der Waals surface area contributed by atoms with E-state index in [-0.39, 0.29) is 6.04 Å². The lowest BCUT2D eigenvalue weighted by molar-refractivity contribution is -0.412. The van der Waals surface area contributed by atoms with E-state index in [0.29, 0.717) is 17.1 Å². The summed E-state index contributed by atoms with van der Waals surface area (Å²) in [5.74, 6) is 6.90. The van der Waals surface area contributed by atoms with Crippen LogP contribution in [0.5, 0.6) is 0 Å². The van der Waals surface area contributed by atoms with Gasteiger partial charge in [0.25, 0.3) is 0 Å². The Morgan fingerprint density at radius 3 is 1.94 bits per heavy atom. The molecule has 6 nitrogen and oxygen atoms in total. The first kappa shape index (κ1) is 33.3. The minimum Gasteiger partial charge on any atom is -0.410 e. The fourth-order valence-electron chi connectivity index (χ4n) is 7.16. The van der Waals surface area contributed by atoms with E-state index in [1.165, 1.54) is 11.1 Å². The van der Waals surface area contributed by atoms with Crippen molar-refractivity contribution in [2.24, 2.45) is 5.90 Å². The van der Waals surface area contributed by atoms with E-state index in [0.717, 1.165) is 71.8 Å². The third kappa shape index (κ3) is 5.05. The molecule has 5 aromatic carbocycles. The quantitative estimate of drug-likeness (QED) is 0.0912. The Morgan fingerprint density at radius 2 is 1.28 bits per heavy atom. The van der Waals surface area contributed by atoms with Gasteiger partial charge in [0.05, 0.1) is 0 Å². The molecule has 1 unspecified atom stereocenters. The lowest BCUT2D eigenvalue weighted by atomic mass is 9.68. The Hall–Kier alpha value is -5.04. The maximum absolute atomic E-state index is 6.77. The number of hydrogen-bond acceptors (Lipinski definition) is 5. The largest absolute Gasteiger partial charge is 0.410 e. The smallest absolute Gasteiger partial charge is 0.163 e. The molecule has 7 rings (SSSR count). The first-order valence-corrected chi connectivity index (χ1v) is 16.5. The Labute approximate surface area is 279 Å². The SMILES string of the molecule is CC.CC.CC(C)=C1C(c2c3ccccc3c(N)c3c(N)cccc23)=C(ON)/C1=C1\c2ccccc2C([NH3+])c2cccc(N(C)C)c21. The molecular weight excluding hydrogens is 578 g/mol. The number of nitrogens with two attached hydrogens (primary N) is 3. The first-order chi connectivity index (χ1) is 22.8. The molecule has 6 heteroatoms. The second kappa shape index (κ2) is 13.4. The van der Waals surface area contributed by atoms with Crippen molar-refractivity contribution >= 4 is 49.8 Å². The van der Waals surface area contributed by atoms with Gasteiger partial charge in [0.1, 0.15) is 6.04 Å². The van der Waals surface area contributed by atoms with E-state index in [4.69, 9.17) is 22.2 Å². The molecule has 0 fully saturated rings. The molecule has 2 aliphatic carbocycles. The molecule has 9 N–H and O–H groups in total. The maximum Gasteiger partial charge on any atom is 0.163 e. The first-order valence-electron chi connectivity index (χ1n) is 16.5. The van der Waals surface area contributed by atoms with Crippen molar-refractivity contribution in [3.8, 4) is 0 Å². The highest BCUT2D eigenvalue weighted by Gasteiger charge is 2.42. The molecule has 0 aliphatic heterocycles. The summed E-state index contributed by atoms with van der Waals surface area (Å²) < 4.78 is 0.